The van der Waals surface area contributed by atoms with Gasteiger partial charge in [0.2, 0.25) is 0 Å². The lowest BCUT2D eigenvalue weighted by atomic mass is 11.0. The highest BCUT2D eigenvalue weighted by Gasteiger charge is 1.87. The highest BCUT2D eigenvalue weighted by Crippen LogP contribution is 1.24. The fourth-order valence-electron chi connectivity index (χ4n) is 0.142. The molecule has 7 heavy (non-hydrogen) atoms. The van der Waals surface area contributed by atoms with Gasteiger partial charge in [-0.15, -0.1) is 0 Å². The van der Waals surface area contributed by atoms with Crippen LogP contribution in [0.4, 0.5) is 4.79 Å². The van der Waals surface area contributed by atoms with E-state index in [1.54, 1.807) is 0 Å². The molecule has 0 aromatic carbocycles. The molecule has 0 saturated heterocycles. The largest absolute Gasteiger partial charge is 0.404 e. The summed E-state index contributed by atoms with van der Waals surface area (Å²) in [4.78, 5) is 11.7. The van der Waals surface area contributed by atoms with Gasteiger partial charge in [0.15, 0.2) is 0 Å². The van der Waals surface area contributed by atoms with E-state index < -0.39 is 6.03 Å². The topological polar surface area (TPSA) is 109 Å². The Hall–Kier alpha value is -1.26. The predicted molar refractivity (Wildman–Crippen MR) is 23.9 cm³/mol. The van der Waals surface area contributed by atoms with Crippen molar-refractivity contribution in [3.8, 4) is 0 Å². The summed E-state index contributed by atoms with van der Waals surface area (Å²) < 4.78 is 0. The third-order valence-corrected chi connectivity index (χ3v) is 0.268. The number of nitrogens with one attached hydrogen (secondary N) is 1. The van der Waals surface area contributed by atoms with Crippen LogP contribution in [0.1, 0.15) is 0 Å². The minimum absolute atomic E-state index is 0.187. The molecule has 0 rings (SSSR count). The molecule has 40 valence electrons. The van der Waals surface area contributed by atoms with E-state index in [0.29, 0.717) is 0 Å². The Bertz CT molecular complexity index is 102. The van der Waals surface area contributed by atoms with E-state index in [1.165, 1.54) is 0 Å². The SMILES string of the molecule is NC(=O)[NH+]=C(N)N. The van der Waals surface area contributed by atoms with Crippen LogP contribution in [-0.2, 0) is 0 Å². The molecular formula is C2H7N4O+. The lowest BCUT2D eigenvalue weighted by molar-refractivity contribution is -0.342. The number of nitrogens with two attached hydrogens (primary N) is 3. The maximum Gasteiger partial charge on any atom is 0.404 e. The Morgan fingerprint density at radius 3 is 1.71 bits per heavy atom. The Morgan fingerprint density at radius 2 is 1.71 bits per heavy atom. The molecule has 0 fully saturated rings. The van der Waals surface area contributed by atoms with Crippen LogP contribution in [0.15, 0.2) is 0 Å². The van der Waals surface area contributed by atoms with Gasteiger partial charge in [0.25, 0.3) is 0 Å². The van der Waals surface area contributed by atoms with Crippen molar-refractivity contribution < 1.29 is 9.79 Å². The fraction of sp³-hybridized carbons (Fsp3) is 0. The lowest BCUT2D eigenvalue weighted by Crippen LogP contribution is -2.83. The number of rotatable bonds is 0. The van der Waals surface area contributed by atoms with Crippen molar-refractivity contribution in [2.24, 2.45) is 17.2 Å². The highest BCUT2D eigenvalue weighted by atomic mass is 16.2. The van der Waals surface area contributed by atoms with Crippen molar-refractivity contribution >= 4 is 12.0 Å². The van der Waals surface area contributed by atoms with Crippen LogP contribution in [0.3, 0.4) is 0 Å². The Morgan fingerprint density at radius 1 is 1.29 bits per heavy atom. The molecule has 0 aliphatic rings. The first-order chi connectivity index (χ1) is 3.13. The first-order valence-electron chi connectivity index (χ1n) is 1.57. The third-order valence-electron chi connectivity index (χ3n) is 0.268. The van der Waals surface area contributed by atoms with Gasteiger partial charge in [-0.25, -0.2) is 9.79 Å². The van der Waals surface area contributed by atoms with Gasteiger partial charge in [0.05, 0.1) is 0 Å². The number of hydrogen-bond donors (Lipinski definition) is 4. The smallest absolute Gasteiger partial charge is 0.310 e. The zero-order valence-electron chi connectivity index (χ0n) is 3.64. The molecular weight excluding hydrogens is 96.0 g/mol. The molecule has 0 saturated carbocycles. The second-order valence-corrected chi connectivity index (χ2v) is 0.945. The Kier molecular flexibility index (Phi) is 1.65. The molecule has 2 amide bonds. The minimum Gasteiger partial charge on any atom is -0.310 e. The first kappa shape index (κ1) is 5.74. The molecule has 0 aliphatic heterocycles. The number of hydrogen-bond acceptors (Lipinski definition) is 1. The molecule has 0 unspecified atom stereocenters. The van der Waals surface area contributed by atoms with E-state index in [9.17, 15) is 4.79 Å². The quantitative estimate of drug-likeness (QED) is 0.188. The zero-order valence-corrected chi connectivity index (χ0v) is 3.64. The second kappa shape index (κ2) is 2.01. The molecule has 5 heteroatoms. The van der Waals surface area contributed by atoms with Crippen LogP contribution >= 0.6 is 0 Å². The maximum atomic E-state index is 9.74. The minimum atomic E-state index is -0.750. The summed E-state index contributed by atoms with van der Waals surface area (Å²) in [6, 6.07) is -0.750. The normalized spacial score (nSPS) is 7.43. The summed E-state index contributed by atoms with van der Waals surface area (Å²) in [5.41, 5.74) is 14.1. The Labute approximate surface area is 40.2 Å². The lowest BCUT2D eigenvalue weighted by Gasteiger charge is -1.77. The van der Waals surface area contributed by atoms with E-state index in [2.05, 4.69) is 5.73 Å². The maximum absolute atomic E-state index is 9.74. The standard InChI is InChI=1S/C2H6N4O/c3-1(4)6-2(5)7/h(H6,3,4,5,6,7)/p+1. The van der Waals surface area contributed by atoms with Gasteiger partial charge in [-0.2, -0.15) is 0 Å². The fourth-order valence-corrected chi connectivity index (χ4v) is 0.142. The third kappa shape index (κ3) is 4.74. The van der Waals surface area contributed by atoms with E-state index in [1.807, 2.05) is 4.99 Å². The van der Waals surface area contributed by atoms with Gasteiger partial charge >= 0.3 is 12.0 Å². The number of carbonyl (C=O) groups is 1. The number of urea groups is 1. The molecule has 0 spiro atoms. The first-order valence-corrected chi connectivity index (χ1v) is 1.57. The molecule has 0 aliphatic carbocycles. The van der Waals surface area contributed by atoms with Crippen LogP contribution < -0.4 is 22.2 Å². The van der Waals surface area contributed by atoms with Crippen LogP contribution in [0.5, 0.6) is 0 Å². The van der Waals surface area contributed by atoms with Crippen LogP contribution in [0.25, 0.3) is 0 Å². The van der Waals surface area contributed by atoms with Crippen molar-refractivity contribution in [1.82, 2.24) is 0 Å². The number of guanidine groups is 1. The van der Waals surface area contributed by atoms with Crippen molar-refractivity contribution in [2.45, 2.75) is 0 Å². The predicted octanol–water partition coefficient (Wildman–Crippen LogP) is -3.58. The summed E-state index contributed by atoms with van der Waals surface area (Å²) in [5, 5.41) is 0. The van der Waals surface area contributed by atoms with E-state index in [4.69, 9.17) is 11.5 Å². The molecule has 0 atom stereocenters. The molecule has 0 aromatic rings. The summed E-state index contributed by atoms with van der Waals surface area (Å²) in [5.74, 6) is -0.187. The van der Waals surface area contributed by atoms with E-state index in [-0.39, 0.29) is 5.96 Å². The van der Waals surface area contributed by atoms with Gasteiger partial charge in [0, 0.05) is 0 Å². The average Bonchev–Trinajstić information content (AvgIpc) is 1.27. The highest BCUT2D eigenvalue weighted by molar-refractivity contribution is 5.75. The second-order valence-electron chi connectivity index (χ2n) is 0.945. The number of amides is 2. The van der Waals surface area contributed by atoms with Gasteiger partial charge in [-0.1, -0.05) is 0 Å². The van der Waals surface area contributed by atoms with Gasteiger partial charge in [-0.3, -0.25) is 0 Å². The number of carbonyl (C=O) groups excluding carboxylic acids is 1. The van der Waals surface area contributed by atoms with Crippen molar-refractivity contribution in [3.05, 3.63) is 0 Å². The molecule has 0 heterocycles. The summed E-state index contributed by atoms with van der Waals surface area (Å²) >= 11 is 0. The summed E-state index contributed by atoms with van der Waals surface area (Å²) in [7, 11) is 0. The molecule has 0 bridgehead atoms. The van der Waals surface area contributed by atoms with Gasteiger partial charge in [0.1, 0.15) is 0 Å². The van der Waals surface area contributed by atoms with Crippen molar-refractivity contribution in [3.63, 3.8) is 0 Å². The molecule has 7 N–H and O–H groups in total. The summed E-state index contributed by atoms with van der Waals surface area (Å²) in [6.45, 7) is 0. The van der Waals surface area contributed by atoms with E-state index >= 15 is 0 Å². The van der Waals surface area contributed by atoms with Gasteiger partial charge in [-0.05, 0) is 0 Å². The van der Waals surface area contributed by atoms with Crippen LogP contribution in [0.2, 0.25) is 0 Å². The van der Waals surface area contributed by atoms with Gasteiger partial charge < -0.3 is 17.2 Å². The summed E-state index contributed by atoms with van der Waals surface area (Å²) in [6.07, 6.45) is 0. The van der Waals surface area contributed by atoms with E-state index in [0.717, 1.165) is 0 Å². The van der Waals surface area contributed by atoms with Crippen molar-refractivity contribution in [2.75, 3.05) is 0 Å². The monoisotopic (exact) mass is 103 g/mol. The Balaban J connectivity index is 3.68. The van der Waals surface area contributed by atoms with Crippen LogP contribution in [0, 0.1) is 0 Å². The molecule has 5 nitrogen and oxygen atoms in total. The molecule has 0 aromatic heterocycles. The van der Waals surface area contributed by atoms with Crippen molar-refractivity contribution in [1.29, 1.82) is 0 Å². The van der Waals surface area contributed by atoms with Crippen LogP contribution in [-0.4, -0.2) is 12.0 Å². The zero-order chi connectivity index (χ0) is 5.86. The number of primary amides is 1. The molecule has 0 radical (unpaired) electrons. The average molecular weight is 103 g/mol.